The zero-order valence-electron chi connectivity index (χ0n) is 17.9. The molecule has 3 heteroatoms. The van der Waals surface area contributed by atoms with E-state index in [4.69, 9.17) is 9.40 Å². The molecule has 150 valence electrons. The van der Waals surface area contributed by atoms with E-state index >= 15 is 0 Å². The minimum atomic E-state index is -0.157. The molecular formula is C27H24FNO. The molecule has 0 radical (unpaired) electrons. The highest BCUT2D eigenvalue weighted by Crippen LogP contribution is 2.39. The van der Waals surface area contributed by atoms with E-state index in [1.54, 1.807) is 6.92 Å². The summed E-state index contributed by atoms with van der Waals surface area (Å²) in [5, 5.41) is 4.71. The van der Waals surface area contributed by atoms with Crippen molar-refractivity contribution >= 4 is 32.5 Å². The van der Waals surface area contributed by atoms with Gasteiger partial charge in [-0.2, -0.15) is 0 Å². The third-order valence-electron chi connectivity index (χ3n) is 5.91. The smallest absolute Gasteiger partial charge is 0.135 e. The van der Waals surface area contributed by atoms with Gasteiger partial charge in [0.2, 0.25) is 0 Å². The number of benzene rings is 3. The van der Waals surface area contributed by atoms with Gasteiger partial charge in [-0.25, -0.2) is 4.39 Å². The molecule has 0 fully saturated rings. The monoisotopic (exact) mass is 397 g/mol. The molecule has 2 aromatic heterocycles. The highest BCUT2D eigenvalue weighted by Gasteiger charge is 2.21. The first-order valence-electron chi connectivity index (χ1n) is 10.3. The molecule has 0 unspecified atom stereocenters. The first-order valence-corrected chi connectivity index (χ1v) is 10.3. The number of aromatic nitrogens is 1. The Labute approximate surface area is 175 Å². The second kappa shape index (κ2) is 6.40. The Morgan fingerprint density at radius 1 is 0.800 bits per heavy atom. The van der Waals surface area contributed by atoms with Gasteiger partial charge in [0.25, 0.3) is 0 Å². The predicted molar refractivity (Wildman–Crippen MR) is 123 cm³/mol. The molecule has 0 spiro atoms. The summed E-state index contributed by atoms with van der Waals surface area (Å²) in [6.45, 7) is 10.4. The molecule has 5 rings (SSSR count). The zero-order chi connectivity index (χ0) is 21.2. The van der Waals surface area contributed by atoms with Crippen molar-refractivity contribution in [2.24, 2.45) is 0 Å². The van der Waals surface area contributed by atoms with Gasteiger partial charge in [-0.1, -0.05) is 45.0 Å². The van der Waals surface area contributed by atoms with Gasteiger partial charge in [-0.05, 0) is 65.4 Å². The van der Waals surface area contributed by atoms with E-state index in [9.17, 15) is 4.39 Å². The van der Waals surface area contributed by atoms with Crippen LogP contribution in [0, 0.1) is 19.7 Å². The average molecular weight is 397 g/mol. The number of fused-ring (bicyclic) bond motifs is 4. The van der Waals surface area contributed by atoms with Crippen molar-refractivity contribution in [3.8, 4) is 11.3 Å². The number of pyridine rings is 1. The molecule has 2 heterocycles. The Morgan fingerprint density at radius 3 is 2.27 bits per heavy atom. The van der Waals surface area contributed by atoms with Crippen LogP contribution in [-0.2, 0) is 5.41 Å². The second-order valence-electron chi connectivity index (χ2n) is 9.15. The van der Waals surface area contributed by atoms with Crippen LogP contribution in [0.5, 0.6) is 0 Å². The van der Waals surface area contributed by atoms with E-state index < -0.39 is 0 Å². The van der Waals surface area contributed by atoms with E-state index in [2.05, 4.69) is 39.0 Å². The summed E-state index contributed by atoms with van der Waals surface area (Å²) in [5.41, 5.74) is 4.62. The SMILES string of the molecule is Cc1cc2c(C(C)(C)C)cc(-c3nccc4c3ccc3c(F)c(C)ccc34)cc2o1. The van der Waals surface area contributed by atoms with E-state index in [1.807, 2.05) is 43.5 Å². The van der Waals surface area contributed by atoms with Gasteiger partial charge in [0, 0.05) is 27.9 Å². The van der Waals surface area contributed by atoms with Crippen molar-refractivity contribution in [2.45, 2.75) is 40.0 Å². The lowest BCUT2D eigenvalue weighted by Gasteiger charge is -2.21. The Hall–Kier alpha value is -3.20. The number of hydrogen-bond donors (Lipinski definition) is 0. The second-order valence-corrected chi connectivity index (χ2v) is 9.15. The Balaban J connectivity index is 1.85. The van der Waals surface area contributed by atoms with Crippen LogP contribution in [0.15, 0.2) is 59.1 Å². The van der Waals surface area contributed by atoms with Crippen molar-refractivity contribution in [3.63, 3.8) is 0 Å². The van der Waals surface area contributed by atoms with Crippen LogP contribution in [0.1, 0.15) is 37.7 Å². The van der Waals surface area contributed by atoms with Crippen molar-refractivity contribution in [3.05, 3.63) is 77.4 Å². The Morgan fingerprint density at radius 2 is 1.50 bits per heavy atom. The molecule has 0 atom stereocenters. The van der Waals surface area contributed by atoms with Gasteiger partial charge in [-0.3, -0.25) is 4.98 Å². The average Bonchev–Trinajstić information content (AvgIpc) is 3.08. The standard InChI is InChI=1S/C27H24FNO/c1-15-6-7-18-19-10-11-29-26(21(19)9-8-20(18)25(15)28)17-13-23(27(3,4)5)22-12-16(2)30-24(22)14-17/h6-14H,1-5H3. The summed E-state index contributed by atoms with van der Waals surface area (Å²) in [6.07, 6.45) is 1.81. The number of halogens is 1. The maximum absolute atomic E-state index is 14.7. The molecule has 0 aliphatic rings. The largest absolute Gasteiger partial charge is 0.461 e. The molecule has 0 amide bonds. The molecule has 0 aliphatic carbocycles. The summed E-state index contributed by atoms with van der Waals surface area (Å²) in [5.74, 6) is 0.741. The lowest BCUT2D eigenvalue weighted by Crippen LogP contribution is -2.11. The van der Waals surface area contributed by atoms with Crippen LogP contribution >= 0.6 is 0 Å². The van der Waals surface area contributed by atoms with Gasteiger partial charge in [0.15, 0.2) is 0 Å². The zero-order valence-corrected chi connectivity index (χ0v) is 17.9. The summed E-state index contributed by atoms with van der Waals surface area (Å²) in [7, 11) is 0. The first kappa shape index (κ1) is 18.8. The summed E-state index contributed by atoms with van der Waals surface area (Å²) >= 11 is 0. The predicted octanol–water partition coefficient (Wildman–Crippen LogP) is 7.85. The van der Waals surface area contributed by atoms with Crippen LogP contribution in [0.3, 0.4) is 0 Å². The number of furan rings is 1. The van der Waals surface area contributed by atoms with Gasteiger partial charge in [0.05, 0.1) is 5.69 Å². The highest BCUT2D eigenvalue weighted by atomic mass is 19.1. The van der Waals surface area contributed by atoms with Crippen LogP contribution in [0.25, 0.3) is 43.8 Å². The molecular weight excluding hydrogens is 373 g/mol. The van der Waals surface area contributed by atoms with Gasteiger partial charge >= 0.3 is 0 Å². The van der Waals surface area contributed by atoms with Crippen LogP contribution in [-0.4, -0.2) is 4.98 Å². The normalized spacial score (nSPS) is 12.3. The van der Waals surface area contributed by atoms with Gasteiger partial charge in [0.1, 0.15) is 17.2 Å². The molecule has 0 N–H and O–H groups in total. The molecule has 0 saturated carbocycles. The number of nitrogens with zero attached hydrogens (tertiary/aromatic N) is 1. The summed E-state index contributed by atoms with van der Waals surface area (Å²) < 4.78 is 20.7. The fourth-order valence-electron chi connectivity index (χ4n) is 4.40. The van der Waals surface area contributed by atoms with E-state index in [-0.39, 0.29) is 11.2 Å². The first-order chi connectivity index (χ1) is 14.2. The highest BCUT2D eigenvalue weighted by molar-refractivity contribution is 6.11. The van der Waals surface area contributed by atoms with Crippen molar-refractivity contribution < 1.29 is 8.81 Å². The lowest BCUT2D eigenvalue weighted by atomic mass is 9.83. The van der Waals surface area contributed by atoms with Crippen molar-refractivity contribution in [2.75, 3.05) is 0 Å². The Bertz CT molecular complexity index is 1450. The molecule has 3 aromatic carbocycles. The maximum Gasteiger partial charge on any atom is 0.135 e. The third kappa shape index (κ3) is 2.80. The van der Waals surface area contributed by atoms with Crippen LogP contribution in [0.2, 0.25) is 0 Å². The third-order valence-corrected chi connectivity index (χ3v) is 5.91. The fourth-order valence-corrected chi connectivity index (χ4v) is 4.40. The summed E-state index contributed by atoms with van der Waals surface area (Å²) in [4.78, 5) is 4.73. The summed E-state index contributed by atoms with van der Waals surface area (Å²) in [6, 6.07) is 16.1. The van der Waals surface area contributed by atoms with E-state index in [0.29, 0.717) is 10.9 Å². The van der Waals surface area contributed by atoms with Crippen molar-refractivity contribution in [1.29, 1.82) is 0 Å². The fraction of sp³-hybridized carbons (Fsp3) is 0.222. The van der Waals surface area contributed by atoms with E-state index in [1.165, 1.54) is 5.56 Å². The molecule has 5 aromatic rings. The van der Waals surface area contributed by atoms with E-state index in [0.717, 1.165) is 44.1 Å². The molecule has 0 saturated heterocycles. The number of aryl methyl sites for hydroxylation is 2. The minimum Gasteiger partial charge on any atom is -0.461 e. The minimum absolute atomic E-state index is 0.0392. The topological polar surface area (TPSA) is 26.0 Å². The van der Waals surface area contributed by atoms with Gasteiger partial charge in [-0.15, -0.1) is 0 Å². The lowest BCUT2D eigenvalue weighted by molar-refractivity contribution is 0.575. The molecule has 30 heavy (non-hydrogen) atoms. The van der Waals surface area contributed by atoms with Crippen LogP contribution < -0.4 is 0 Å². The maximum atomic E-state index is 14.7. The van der Waals surface area contributed by atoms with Crippen molar-refractivity contribution in [1.82, 2.24) is 4.98 Å². The number of hydrogen-bond acceptors (Lipinski definition) is 2. The quantitative estimate of drug-likeness (QED) is 0.269. The Kier molecular flexibility index (Phi) is 4.01. The number of rotatable bonds is 1. The molecule has 2 nitrogen and oxygen atoms in total. The van der Waals surface area contributed by atoms with Gasteiger partial charge < -0.3 is 4.42 Å². The molecule has 0 aliphatic heterocycles. The van der Waals surface area contributed by atoms with Crippen LogP contribution in [0.4, 0.5) is 4.39 Å². The molecule has 0 bridgehead atoms.